The lowest BCUT2D eigenvalue weighted by Crippen LogP contribution is -2.28. The number of nitrogens with zero attached hydrogens (tertiary/aromatic N) is 2. The number of hydrogen-bond acceptors (Lipinski definition) is 3. The molecule has 2 heterocycles. The Hall–Kier alpha value is -1.25. The van der Waals surface area contributed by atoms with Crippen molar-refractivity contribution >= 4 is 11.5 Å². The van der Waals surface area contributed by atoms with Gasteiger partial charge in [0, 0.05) is 18.8 Å². The average Bonchev–Trinajstić information content (AvgIpc) is 2.45. The van der Waals surface area contributed by atoms with Gasteiger partial charge in [-0.05, 0) is 37.8 Å². The van der Waals surface area contributed by atoms with Gasteiger partial charge in [-0.25, -0.2) is 4.98 Å². The smallest absolute Gasteiger partial charge is 0.152 e. The molecule has 2 atom stereocenters. The number of aryl methyl sites for hydroxylation is 1. The Morgan fingerprint density at radius 3 is 2.73 bits per heavy atom. The summed E-state index contributed by atoms with van der Waals surface area (Å²) in [5, 5.41) is 0. The molecule has 1 aromatic rings. The van der Waals surface area contributed by atoms with Crippen LogP contribution in [0.25, 0.3) is 0 Å². The van der Waals surface area contributed by atoms with Crippen LogP contribution in [-0.4, -0.2) is 17.6 Å². The van der Waals surface area contributed by atoms with Crippen LogP contribution in [0.5, 0.6) is 0 Å². The van der Waals surface area contributed by atoms with Crippen LogP contribution < -0.4 is 10.6 Å². The lowest BCUT2D eigenvalue weighted by molar-refractivity contribution is 0.625. The van der Waals surface area contributed by atoms with Crippen LogP contribution in [0.3, 0.4) is 0 Å². The molecule has 15 heavy (non-hydrogen) atoms. The fraction of sp³-hybridized carbons (Fsp3) is 0.583. The van der Waals surface area contributed by atoms with Gasteiger partial charge in [0.1, 0.15) is 0 Å². The molecule has 0 aliphatic carbocycles. The first-order valence-corrected chi connectivity index (χ1v) is 5.56. The second-order valence-corrected chi connectivity index (χ2v) is 4.77. The molecule has 1 aliphatic heterocycles. The first-order chi connectivity index (χ1) is 7.08. The summed E-state index contributed by atoms with van der Waals surface area (Å²) in [6.45, 7) is 7.61. The van der Waals surface area contributed by atoms with Crippen LogP contribution >= 0.6 is 0 Å². The third-order valence-electron chi connectivity index (χ3n) is 3.09. The predicted molar refractivity (Wildman–Crippen MR) is 64.0 cm³/mol. The number of pyridine rings is 1. The summed E-state index contributed by atoms with van der Waals surface area (Å²) in [5.74, 6) is 1.69. The molecule has 2 unspecified atom stereocenters. The van der Waals surface area contributed by atoms with Gasteiger partial charge in [-0.15, -0.1) is 0 Å². The number of aromatic nitrogens is 1. The van der Waals surface area contributed by atoms with Gasteiger partial charge in [0.15, 0.2) is 5.82 Å². The SMILES string of the molecule is Cc1cnc(N2CC(C)CC2C)c(N)c1. The highest BCUT2D eigenvalue weighted by atomic mass is 15.2. The number of hydrogen-bond donors (Lipinski definition) is 1. The van der Waals surface area contributed by atoms with Crippen molar-refractivity contribution in [3.05, 3.63) is 17.8 Å². The molecule has 1 aromatic heterocycles. The van der Waals surface area contributed by atoms with Gasteiger partial charge in [-0.3, -0.25) is 0 Å². The van der Waals surface area contributed by atoms with Crippen LogP contribution in [0.2, 0.25) is 0 Å². The van der Waals surface area contributed by atoms with Crippen molar-refractivity contribution in [1.82, 2.24) is 4.98 Å². The quantitative estimate of drug-likeness (QED) is 0.764. The van der Waals surface area contributed by atoms with Crippen molar-refractivity contribution in [3.8, 4) is 0 Å². The Balaban J connectivity index is 2.29. The maximum absolute atomic E-state index is 6.00. The standard InChI is InChI=1S/C12H19N3/c1-8-5-11(13)12(14-6-8)15-7-9(2)4-10(15)3/h5-6,9-10H,4,7,13H2,1-3H3. The maximum atomic E-state index is 6.00. The van der Waals surface area contributed by atoms with E-state index in [9.17, 15) is 0 Å². The normalized spacial score (nSPS) is 25.9. The van der Waals surface area contributed by atoms with E-state index in [1.165, 1.54) is 6.42 Å². The van der Waals surface area contributed by atoms with E-state index in [4.69, 9.17) is 5.73 Å². The molecule has 1 fully saturated rings. The molecule has 1 saturated heterocycles. The van der Waals surface area contributed by atoms with Crippen LogP contribution in [0.1, 0.15) is 25.8 Å². The van der Waals surface area contributed by atoms with E-state index >= 15 is 0 Å². The average molecular weight is 205 g/mol. The van der Waals surface area contributed by atoms with Crippen LogP contribution in [0.4, 0.5) is 11.5 Å². The van der Waals surface area contributed by atoms with Crippen molar-refractivity contribution in [2.24, 2.45) is 5.92 Å². The van der Waals surface area contributed by atoms with E-state index in [0.717, 1.165) is 29.5 Å². The van der Waals surface area contributed by atoms with Crippen molar-refractivity contribution < 1.29 is 0 Å². The van der Waals surface area contributed by atoms with Gasteiger partial charge in [0.25, 0.3) is 0 Å². The van der Waals surface area contributed by atoms with E-state index in [2.05, 4.69) is 23.7 Å². The zero-order chi connectivity index (χ0) is 11.0. The van der Waals surface area contributed by atoms with E-state index in [0.29, 0.717) is 6.04 Å². The molecular formula is C12H19N3. The number of nitrogens with two attached hydrogens (primary N) is 1. The Bertz CT molecular complexity index is 362. The second-order valence-electron chi connectivity index (χ2n) is 4.77. The fourth-order valence-corrected chi connectivity index (χ4v) is 2.42. The van der Waals surface area contributed by atoms with Crippen molar-refractivity contribution in [2.75, 3.05) is 17.2 Å². The van der Waals surface area contributed by atoms with E-state index in [-0.39, 0.29) is 0 Å². The molecule has 2 rings (SSSR count). The number of anilines is 2. The minimum absolute atomic E-state index is 0.553. The Morgan fingerprint density at radius 2 is 2.20 bits per heavy atom. The summed E-state index contributed by atoms with van der Waals surface area (Å²) in [6, 6.07) is 2.55. The molecule has 0 radical (unpaired) electrons. The van der Waals surface area contributed by atoms with E-state index < -0.39 is 0 Å². The molecule has 3 heteroatoms. The van der Waals surface area contributed by atoms with Crippen LogP contribution in [-0.2, 0) is 0 Å². The lowest BCUT2D eigenvalue weighted by atomic mass is 10.1. The Morgan fingerprint density at radius 1 is 1.47 bits per heavy atom. The number of rotatable bonds is 1. The Labute approximate surface area is 91.3 Å². The molecule has 2 N–H and O–H groups in total. The fourth-order valence-electron chi connectivity index (χ4n) is 2.42. The highest BCUT2D eigenvalue weighted by molar-refractivity contribution is 5.64. The lowest BCUT2D eigenvalue weighted by Gasteiger charge is -2.24. The highest BCUT2D eigenvalue weighted by Gasteiger charge is 2.28. The molecule has 1 aliphatic rings. The van der Waals surface area contributed by atoms with Gasteiger partial charge in [-0.1, -0.05) is 6.92 Å². The molecule has 3 nitrogen and oxygen atoms in total. The second kappa shape index (κ2) is 3.72. The summed E-state index contributed by atoms with van der Waals surface area (Å²) in [7, 11) is 0. The van der Waals surface area contributed by atoms with Crippen LogP contribution in [0.15, 0.2) is 12.3 Å². The van der Waals surface area contributed by atoms with Crippen molar-refractivity contribution in [2.45, 2.75) is 33.2 Å². The molecule has 0 bridgehead atoms. The minimum atomic E-state index is 0.553. The molecule has 82 valence electrons. The van der Waals surface area contributed by atoms with Gasteiger partial charge in [0.2, 0.25) is 0 Å². The predicted octanol–water partition coefficient (Wildman–Crippen LogP) is 2.21. The van der Waals surface area contributed by atoms with Gasteiger partial charge < -0.3 is 10.6 Å². The minimum Gasteiger partial charge on any atom is -0.396 e. The summed E-state index contributed by atoms with van der Waals surface area (Å²) in [5.41, 5.74) is 7.93. The highest BCUT2D eigenvalue weighted by Crippen LogP contribution is 2.30. The van der Waals surface area contributed by atoms with E-state index in [1.54, 1.807) is 0 Å². The third-order valence-corrected chi connectivity index (χ3v) is 3.09. The van der Waals surface area contributed by atoms with Crippen LogP contribution in [0, 0.1) is 12.8 Å². The molecule has 0 spiro atoms. The summed E-state index contributed by atoms with van der Waals surface area (Å²) in [6.07, 6.45) is 3.12. The van der Waals surface area contributed by atoms with E-state index in [1.807, 2.05) is 19.2 Å². The van der Waals surface area contributed by atoms with Crippen molar-refractivity contribution in [1.29, 1.82) is 0 Å². The van der Waals surface area contributed by atoms with Gasteiger partial charge >= 0.3 is 0 Å². The Kier molecular flexibility index (Phi) is 2.55. The summed E-state index contributed by atoms with van der Waals surface area (Å²) < 4.78 is 0. The molecule has 0 aromatic carbocycles. The topological polar surface area (TPSA) is 42.2 Å². The summed E-state index contributed by atoms with van der Waals surface area (Å²) >= 11 is 0. The monoisotopic (exact) mass is 205 g/mol. The molecule has 0 saturated carbocycles. The van der Waals surface area contributed by atoms with Gasteiger partial charge in [0.05, 0.1) is 5.69 Å². The number of nitrogen functional groups attached to an aromatic ring is 1. The first-order valence-electron chi connectivity index (χ1n) is 5.56. The molecule has 0 amide bonds. The zero-order valence-electron chi connectivity index (χ0n) is 9.70. The first kappa shape index (κ1) is 10.3. The zero-order valence-corrected chi connectivity index (χ0v) is 9.70. The van der Waals surface area contributed by atoms with Gasteiger partial charge in [-0.2, -0.15) is 0 Å². The largest absolute Gasteiger partial charge is 0.396 e. The maximum Gasteiger partial charge on any atom is 0.152 e. The molecular weight excluding hydrogens is 186 g/mol. The van der Waals surface area contributed by atoms with Crippen molar-refractivity contribution in [3.63, 3.8) is 0 Å². The summed E-state index contributed by atoms with van der Waals surface area (Å²) in [4.78, 5) is 6.76. The third kappa shape index (κ3) is 1.91.